The van der Waals surface area contributed by atoms with Crippen LogP contribution in [-0.4, -0.2) is 36.7 Å². The lowest BCUT2D eigenvalue weighted by atomic mass is 10.0. The van der Waals surface area contributed by atoms with E-state index in [1.165, 1.54) is 18.1 Å². The van der Waals surface area contributed by atoms with Crippen molar-refractivity contribution < 1.29 is 9.59 Å². The molecule has 2 aromatic carbocycles. The maximum atomic E-state index is 13.1. The number of aliphatic imine (C=N–C) groups is 1. The highest BCUT2D eigenvalue weighted by molar-refractivity contribution is 6.36. The number of hydrogen-bond donors (Lipinski definition) is 0. The summed E-state index contributed by atoms with van der Waals surface area (Å²) in [5, 5.41) is 5.69. The molecule has 0 saturated heterocycles. The van der Waals surface area contributed by atoms with Gasteiger partial charge >= 0.3 is 0 Å². The Morgan fingerprint density at radius 2 is 1.77 bits per heavy atom. The Kier molecular flexibility index (Phi) is 6.80. The van der Waals surface area contributed by atoms with Crippen LogP contribution >= 0.6 is 0 Å². The molecule has 0 aliphatic carbocycles. The molecule has 0 atom stereocenters. The molecule has 31 heavy (non-hydrogen) atoms. The van der Waals surface area contributed by atoms with Gasteiger partial charge in [0.25, 0.3) is 5.91 Å². The van der Waals surface area contributed by atoms with Gasteiger partial charge in [-0.1, -0.05) is 18.2 Å². The fraction of sp³-hybridized carbons (Fsp3) is 0.280. The average molecular weight is 417 g/mol. The number of aryl methyl sites for hydroxylation is 1. The first-order valence-corrected chi connectivity index (χ1v) is 10.5. The molecular weight excluding hydrogens is 388 g/mol. The molecule has 3 rings (SSSR count). The zero-order valence-corrected chi connectivity index (χ0v) is 18.7. The van der Waals surface area contributed by atoms with E-state index >= 15 is 0 Å². The van der Waals surface area contributed by atoms with Crippen molar-refractivity contribution in [2.75, 3.05) is 23.0 Å². The van der Waals surface area contributed by atoms with E-state index in [-0.39, 0.29) is 22.8 Å². The molecule has 0 saturated carbocycles. The van der Waals surface area contributed by atoms with Crippen LogP contribution < -0.4 is 9.91 Å². The van der Waals surface area contributed by atoms with E-state index in [2.05, 4.69) is 34.9 Å². The molecule has 6 heteroatoms. The Morgan fingerprint density at radius 3 is 2.35 bits per heavy atom. The lowest BCUT2D eigenvalue weighted by molar-refractivity contribution is -0.116. The number of rotatable bonds is 7. The van der Waals surface area contributed by atoms with Crippen LogP contribution in [0.25, 0.3) is 0 Å². The van der Waals surface area contributed by atoms with E-state index in [0.717, 1.165) is 30.0 Å². The number of anilines is 2. The molecule has 1 aliphatic heterocycles. The number of carbonyl (C=O) groups excluding carboxylic acids is 2. The van der Waals surface area contributed by atoms with Crippen molar-refractivity contribution in [1.29, 1.82) is 0 Å². The van der Waals surface area contributed by atoms with Gasteiger partial charge in [-0.2, -0.15) is 10.1 Å². The number of hydrazone groups is 1. The van der Waals surface area contributed by atoms with E-state index in [0.29, 0.717) is 11.4 Å². The van der Waals surface area contributed by atoms with E-state index in [1.54, 1.807) is 19.1 Å². The van der Waals surface area contributed by atoms with Crippen LogP contribution in [0.1, 0.15) is 33.3 Å². The summed E-state index contributed by atoms with van der Waals surface area (Å²) in [6, 6.07) is 15.2. The number of Topliss-reactive ketones (excluding diaryl/α,β-unsaturated/α-hetero) is 1. The molecule has 0 bridgehead atoms. The maximum absolute atomic E-state index is 13.1. The van der Waals surface area contributed by atoms with Crippen molar-refractivity contribution in [3.63, 3.8) is 0 Å². The van der Waals surface area contributed by atoms with Crippen LogP contribution in [0.4, 0.5) is 17.1 Å². The normalized spacial score (nSPS) is 15.5. The number of amides is 1. The van der Waals surface area contributed by atoms with Gasteiger partial charge in [-0.25, -0.2) is 0 Å². The first-order valence-electron chi connectivity index (χ1n) is 10.5. The van der Waals surface area contributed by atoms with Crippen LogP contribution in [0.2, 0.25) is 0 Å². The number of para-hydroxylation sites is 1. The Morgan fingerprint density at radius 1 is 1.10 bits per heavy atom. The summed E-state index contributed by atoms with van der Waals surface area (Å²) in [5.41, 5.74) is 4.61. The van der Waals surface area contributed by atoms with Gasteiger partial charge in [-0.15, -0.1) is 0 Å². The zero-order valence-electron chi connectivity index (χ0n) is 18.7. The number of hydrogen-bond acceptors (Lipinski definition) is 5. The van der Waals surface area contributed by atoms with Crippen LogP contribution in [0, 0.1) is 6.92 Å². The Hall–Kier alpha value is -3.54. The number of ketones is 1. The monoisotopic (exact) mass is 416 g/mol. The highest BCUT2D eigenvalue weighted by Crippen LogP contribution is 2.27. The molecule has 6 nitrogen and oxygen atoms in total. The summed E-state index contributed by atoms with van der Waals surface area (Å²) in [7, 11) is 0. The second-order valence-corrected chi connectivity index (χ2v) is 7.38. The first kappa shape index (κ1) is 22.2. The van der Waals surface area contributed by atoms with Gasteiger partial charge in [-0.3, -0.25) is 14.6 Å². The lowest BCUT2D eigenvalue weighted by Gasteiger charge is -2.21. The minimum atomic E-state index is -0.325. The van der Waals surface area contributed by atoms with Gasteiger partial charge in [0, 0.05) is 25.0 Å². The standard InChI is InChI=1S/C25H28N4O2/c1-6-28(7-2)21-13-14-23(17(3)15-21)26-16-22(19(5)30)24-18(4)27-29(25(24)31)20-11-9-8-10-12-20/h8-16H,6-7H2,1-5H3/b24-22+,26-16?. The Bertz CT molecular complexity index is 1080. The molecule has 0 unspecified atom stereocenters. The summed E-state index contributed by atoms with van der Waals surface area (Å²) >= 11 is 0. The molecule has 0 N–H and O–H groups in total. The first-order chi connectivity index (χ1) is 14.9. The molecule has 0 radical (unpaired) electrons. The van der Waals surface area contributed by atoms with Crippen molar-refractivity contribution in [1.82, 2.24) is 0 Å². The maximum Gasteiger partial charge on any atom is 0.281 e. The Balaban J connectivity index is 1.96. The molecule has 1 amide bonds. The molecular formula is C25H28N4O2. The zero-order chi connectivity index (χ0) is 22.5. The third-order valence-corrected chi connectivity index (χ3v) is 5.31. The van der Waals surface area contributed by atoms with Gasteiger partial charge in [0.15, 0.2) is 5.78 Å². The van der Waals surface area contributed by atoms with Crippen molar-refractivity contribution in [2.45, 2.75) is 34.6 Å². The molecule has 160 valence electrons. The largest absolute Gasteiger partial charge is 0.372 e. The number of benzene rings is 2. The predicted octanol–water partition coefficient (Wildman–Crippen LogP) is 4.85. The number of nitrogens with zero attached hydrogens (tertiary/aromatic N) is 4. The molecule has 2 aromatic rings. The smallest absolute Gasteiger partial charge is 0.281 e. The average Bonchev–Trinajstić information content (AvgIpc) is 3.05. The second kappa shape index (κ2) is 9.51. The number of carbonyl (C=O) groups is 2. The van der Waals surface area contributed by atoms with Crippen molar-refractivity contribution in [2.24, 2.45) is 10.1 Å². The van der Waals surface area contributed by atoms with Gasteiger partial charge in [0.1, 0.15) is 0 Å². The van der Waals surface area contributed by atoms with Gasteiger partial charge in [-0.05, 0) is 70.5 Å². The summed E-state index contributed by atoms with van der Waals surface area (Å²) in [6.07, 6.45) is 1.49. The van der Waals surface area contributed by atoms with Gasteiger partial charge in [0.2, 0.25) is 0 Å². The fourth-order valence-electron chi connectivity index (χ4n) is 3.60. The minimum absolute atomic E-state index is 0.228. The number of allylic oxidation sites excluding steroid dienone is 1. The van der Waals surface area contributed by atoms with E-state index < -0.39 is 0 Å². The second-order valence-electron chi connectivity index (χ2n) is 7.38. The van der Waals surface area contributed by atoms with Gasteiger partial charge in [0.05, 0.1) is 28.2 Å². The Labute approximate surface area is 183 Å². The SMILES string of the molecule is CCN(CC)c1ccc(N=C/C(C(C)=O)=C2\C(=O)N(c3ccccc3)N=C2C)c(C)c1. The fourth-order valence-corrected chi connectivity index (χ4v) is 3.60. The third kappa shape index (κ3) is 4.63. The molecule has 1 heterocycles. The quantitative estimate of drug-likeness (QED) is 0.479. The van der Waals surface area contributed by atoms with Crippen molar-refractivity contribution in [3.8, 4) is 0 Å². The summed E-state index contributed by atoms with van der Waals surface area (Å²) in [5.74, 6) is -0.553. The van der Waals surface area contributed by atoms with Crippen molar-refractivity contribution >= 4 is 40.7 Å². The third-order valence-electron chi connectivity index (χ3n) is 5.31. The van der Waals surface area contributed by atoms with E-state index in [4.69, 9.17) is 0 Å². The highest BCUT2D eigenvalue weighted by Gasteiger charge is 2.32. The van der Waals surface area contributed by atoms with Crippen LogP contribution in [0.3, 0.4) is 0 Å². The minimum Gasteiger partial charge on any atom is -0.372 e. The van der Waals surface area contributed by atoms with Crippen molar-refractivity contribution in [3.05, 3.63) is 65.2 Å². The predicted molar refractivity (Wildman–Crippen MR) is 128 cm³/mol. The van der Waals surface area contributed by atoms with E-state index in [9.17, 15) is 9.59 Å². The topological polar surface area (TPSA) is 65.3 Å². The molecule has 0 spiro atoms. The molecule has 1 aliphatic rings. The van der Waals surface area contributed by atoms with Crippen LogP contribution in [0.5, 0.6) is 0 Å². The van der Waals surface area contributed by atoms with Crippen LogP contribution in [0.15, 0.2) is 69.8 Å². The van der Waals surface area contributed by atoms with Crippen LogP contribution in [-0.2, 0) is 9.59 Å². The molecule has 0 fully saturated rings. The summed E-state index contributed by atoms with van der Waals surface area (Å²) in [6.45, 7) is 11.3. The molecule has 0 aromatic heterocycles. The van der Waals surface area contributed by atoms with Gasteiger partial charge < -0.3 is 4.90 Å². The summed E-state index contributed by atoms with van der Waals surface area (Å²) < 4.78 is 0. The summed E-state index contributed by atoms with van der Waals surface area (Å²) in [4.78, 5) is 32.3. The highest BCUT2D eigenvalue weighted by atomic mass is 16.2. The van der Waals surface area contributed by atoms with E-state index in [1.807, 2.05) is 37.3 Å². The lowest BCUT2D eigenvalue weighted by Crippen LogP contribution is -2.23.